The first kappa shape index (κ1) is 15.6. The predicted octanol–water partition coefficient (Wildman–Crippen LogP) is 2.19. The van der Waals surface area contributed by atoms with Crippen molar-refractivity contribution in [2.75, 3.05) is 18.6 Å². The number of thioether (sulfide) groups is 1. The van der Waals surface area contributed by atoms with Gasteiger partial charge in [0.15, 0.2) is 0 Å². The number of carboxylic acids is 1. The fourth-order valence-electron chi connectivity index (χ4n) is 1.73. The first-order chi connectivity index (χ1) is 9.15. The molecule has 0 spiro atoms. The van der Waals surface area contributed by atoms with Crippen LogP contribution in [0.3, 0.4) is 0 Å². The number of aryl methyl sites for hydroxylation is 1. The Labute approximate surface area is 117 Å². The maximum absolute atomic E-state index is 11.6. The third kappa shape index (κ3) is 5.79. The highest BCUT2D eigenvalue weighted by Gasteiger charge is 2.10. The number of aromatic carboxylic acids is 1. The van der Waals surface area contributed by atoms with Gasteiger partial charge in [-0.15, -0.1) is 0 Å². The molecule has 0 unspecified atom stereocenters. The molecule has 0 aromatic heterocycles. The van der Waals surface area contributed by atoms with Crippen molar-refractivity contribution in [1.82, 2.24) is 5.32 Å². The second kappa shape index (κ2) is 8.58. The van der Waals surface area contributed by atoms with Crippen molar-refractivity contribution in [3.63, 3.8) is 0 Å². The Morgan fingerprint density at radius 1 is 1.32 bits per heavy atom. The third-order valence-corrected chi connectivity index (χ3v) is 3.41. The molecule has 0 aliphatic carbocycles. The summed E-state index contributed by atoms with van der Waals surface area (Å²) in [5, 5.41) is 11.9. The van der Waals surface area contributed by atoms with Gasteiger partial charge in [0, 0.05) is 13.0 Å². The highest BCUT2D eigenvalue weighted by Crippen LogP contribution is 2.11. The van der Waals surface area contributed by atoms with Crippen LogP contribution in [0.1, 0.15) is 28.8 Å². The van der Waals surface area contributed by atoms with Crippen LogP contribution >= 0.6 is 11.8 Å². The van der Waals surface area contributed by atoms with Crippen LogP contribution in [-0.2, 0) is 11.2 Å². The van der Waals surface area contributed by atoms with Crippen LogP contribution in [0.15, 0.2) is 24.3 Å². The van der Waals surface area contributed by atoms with E-state index in [2.05, 4.69) is 5.32 Å². The lowest BCUT2D eigenvalue weighted by atomic mass is 10.0. The Hall–Kier alpha value is -1.49. The predicted molar refractivity (Wildman–Crippen MR) is 77.7 cm³/mol. The fraction of sp³-hybridized carbons (Fsp3) is 0.429. The molecule has 0 saturated heterocycles. The Bertz CT molecular complexity index is 434. The SMILES string of the molecule is CSCCCNC(=O)CCc1ccccc1C(=O)O. The Morgan fingerprint density at radius 2 is 2.05 bits per heavy atom. The Morgan fingerprint density at radius 3 is 2.74 bits per heavy atom. The van der Waals surface area contributed by atoms with Crippen molar-refractivity contribution in [3.05, 3.63) is 35.4 Å². The van der Waals surface area contributed by atoms with E-state index in [1.807, 2.05) is 6.26 Å². The number of hydrogen-bond donors (Lipinski definition) is 2. The molecule has 0 aliphatic heterocycles. The molecule has 4 nitrogen and oxygen atoms in total. The summed E-state index contributed by atoms with van der Waals surface area (Å²) in [5.74, 6) is 0.0551. The summed E-state index contributed by atoms with van der Waals surface area (Å²) >= 11 is 1.75. The van der Waals surface area contributed by atoms with Gasteiger partial charge < -0.3 is 10.4 Å². The molecule has 0 bridgehead atoms. The van der Waals surface area contributed by atoms with E-state index < -0.39 is 5.97 Å². The monoisotopic (exact) mass is 281 g/mol. The van der Waals surface area contributed by atoms with Crippen molar-refractivity contribution in [2.45, 2.75) is 19.3 Å². The van der Waals surface area contributed by atoms with E-state index in [1.54, 1.807) is 36.0 Å². The summed E-state index contributed by atoms with van der Waals surface area (Å²) in [5.41, 5.74) is 0.979. The van der Waals surface area contributed by atoms with Crippen LogP contribution in [0, 0.1) is 0 Å². The van der Waals surface area contributed by atoms with E-state index in [1.165, 1.54) is 0 Å². The average molecular weight is 281 g/mol. The molecule has 1 amide bonds. The summed E-state index contributed by atoms with van der Waals surface area (Å²) in [4.78, 5) is 22.6. The standard InChI is InChI=1S/C14H19NO3S/c1-19-10-4-9-15-13(16)8-7-11-5-2-3-6-12(11)14(17)18/h2-3,5-6H,4,7-10H2,1H3,(H,15,16)(H,17,18). The lowest BCUT2D eigenvalue weighted by molar-refractivity contribution is -0.121. The van der Waals surface area contributed by atoms with E-state index in [0.29, 0.717) is 24.9 Å². The molecular formula is C14H19NO3S. The van der Waals surface area contributed by atoms with Crippen LogP contribution in [0.2, 0.25) is 0 Å². The zero-order chi connectivity index (χ0) is 14.1. The smallest absolute Gasteiger partial charge is 0.335 e. The molecule has 19 heavy (non-hydrogen) atoms. The molecule has 1 rings (SSSR count). The van der Waals surface area contributed by atoms with Crippen molar-refractivity contribution in [2.24, 2.45) is 0 Å². The first-order valence-electron chi connectivity index (χ1n) is 6.22. The van der Waals surface area contributed by atoms with Crippen LogP contribution in [0.5, 0.6) is 0 Å². The largest absolute Gasteiger partial charge is 0.478 e. The molecule has 0 saturated carbocycles. The summed E-state index contributed by atoms with van der Waals surface area (Å²) in [7, 11) is 0. The average Bonchev–Trinajstić information content (AvgIpc) is 2.41. The van der Waals surface area contributed by atoms with E-state index >= 15 is 0 Å². The maximum Gasteiger partial charge on any atom is 0.335 e. The van der Waals surface area contributed by atoms with Crippen LogP contribution in [0.4, 0.5) is 0 Å². The van der Waals surface area contributed by atoms with Crippen LogP contribution in [-0.4, -0.2) is 35.5 Å². The van der Waals surface area contributed by atoms with Gasteiger partial charge in [0.05, 0.1) is 5.56 Å². The highest BCUT2D eigenvalue weighted by atomic mass is 32.2. The minimum Gasteiger partial charge on any atom is -0.478 e. The van der Waals surface area contributed by atoms with Crippen molar-refractivity contribution >= 4 is 23.6 Å². The van der Waals surface area contributed by atoms with Crippen LogP contribution < -0.4 is 5.32 Å². The zero-order valence-corrected chi connectivity index (χ0v) is 11.8. The summed E-state index contributed by atoms with van der Waals surface area (Å²) in [6.07, 6.45) is 3.77. The van der Waals surface area contributed by atoms with Gasteiger partial charge in [-0.25, -0.2) is 4.79 Å². The summed E-state index contributed by atoms with van der Waals surface area (Å²) in [6.45, 7) is 0.681. The van der Waals surface area contributed by atoms with Gasteiger partial charge in [-0.05, 0) is 36.5 Å². The van der Waals surface area contributed by atoms with Crippen molar-refractivity contribution in [3.8, 4) is 0 Å². The third-order valence-electron chi connectivity index (χ3n) is 2.72. The maximum atomic E-state index is 11.6. The molecule has 0 heterocycles. The van der Waals surface area contributed by atoms with Gasteiger partial charge in [-0.2, -0.15) is 11.8 Å². The molecule has 0 fully saturated rings. The van der Waals surface area contributed by atoms with E-state index in [0.717, 1.165) is 12.2 Å². The summed E-state index contributed by atoms with van der Waals surface area (Å²) < 4.78 is 0. The van der Waals surface area contributed by atoms with Crippen molar-refractivity contribution < 1.29 is 14.7 Å². The fourth-order valence-corrected chi connectivity index (χ4v) is 2.16. The highest BCUT2D eigenvalue weighted by molar-refractivity contribution is 7.98. The number of nitrogens with one attached hydrogen (secondary N) is 1. The van der Waals surface area contributed by atoms with Gasteiger partial charge in [0.1, 0.15) is 0 Å². The minimum atomic E-state index is -0.948. The summed E-state index contributed by atoms with van der Waals surface area (Å²) in [6, 6.07) is 6.80. The van der Waals surface area contributed by atoms with Gasteiger partial charge >= 0.3 is 5.97 Å². The second-order valence-electron chi connectivity index (χ2n) is 4.16. The van der Waals surface area contributed by atoms with Gasteiger partial charge in [-0.3, -0.25) is 4.79 Å². The normalized spacial score (nSPS) is 10.2. The molecule has 0 aliphatic rings. The molecule has 104 valence electrons. The van der Waals surface area contributed by atoms with E-state index in [4.69, 9.17) is 5.11 Å². The molecule has 1 aromatic carbocycles. The number of hydrogen-bond acceptors (Lipinski definition) is 3. The lowest BCUT2D eigenvalue weighted by Gasteiger charge is -2.07. The first-order valence-corrected chi connectivity index (χ1v) is 7.61. The molecule has 5 heteroatoms. The van der Waals surface area contributed by atoms with E-state index in [9.17, 15) is 9.59 Å². The number of carboxylic acid groups (broad SMARTS) is 1. The Balaban J connectivity index is 2.40. The number of benzene rings is 1. The van der Waals surface area contributed by atoms with Gasteiger partial charge in [-0.1, -0.05) is 18.2 Å². The van der Waals surface area contributed by atoms with Gasteiger partial charge in [0.25, 0.3) is 0 Å². The van der Waals surface area contributed by atoms with Crippen LogP contribution in [0.25, 0.3) is 0 Å². The topological polar surface area (TPSA) is 66.4 Å². The number of carbonyl (C=O) groups excluding carboxylic acids is 1. The lowest BCUT2D eigenvalue weighted by Crippen LogP contribution is -2.25. The minimum absolute atomic E-state index is 0.0266. The number of rotatable bonds is 8. The molecule has 0 radical (unpaired) electrons. The number of amides is 1. The zero-order valence-electron chi connectivity index (χ0n) is 11.0. The van der Waals surface area contributed by atoms with Crippen molar-refractivity contribution in [1.29, 1.82) is 0 Å². The second-order valence-corrected chi connectivity index (χ2v) is 5.14. The van der Waals surface area contributed by atoms with Gasteiger partial charge in [0.2, 0.25) is 5.91 Å². The Kier molecular flexibility index (Phi) is 7.03. The molecule has 1 aromatic rings. The number of carbonyl (C=O) groups is 2. The van der Waals surface area contributed by atoms with E-state index in [-0.39, 0.29) is 11.5 Å². The molecular weight excluding hydrogens is 262 g/mol. The molecule has 0 atom stereocenters. The quantitative estimate of drug-likeness (QED) is 0.717. The molecule has 2 N–H and O–H groups in total.